The van der Waals surface area contributed by atoms with Crippen LogP contribution >= 0.6 is 11.6 Å². The second-order valence-electron chi connectivity index (χ2n) is 3.26. The second kappa shape index (κ2) is 6.26. The van der Waals surface area contributed by atoms with Gasteiger partial charge in [0.25, 0.3) is 6.43 Å². The highest BCUT2D eigenvalue weighted by molar-refractivity contribution is 6.30. The predicted molar refractivity (Wildman–Crippen MR) is 59.3 cm³/mol. The highest BCUT2D eigenvalue weighted by Crippen LogP contribution is 2.28. The molecule has 1 rings (SSSR count). The number of alkyl halides is 2. The van der Waals surface area contributed by atoms with Gasteiger partial charge in [0.15, 0.2) is 0 Å². The average molecular weight is 275 g/mol. The zero-order valence-corrected chi connectivity index (χ0v) is 10.2. The fourth-order valence-electron chi connectivity index (χ4n) is 1.34. The summed E-state index contributed by atoms with van der Waals surface area (Å²) in [5.74, 6) is -0.673. The summed E-state index contributed by atoms with van der Waals surface area (Å²) < 4.78 is 30.3. The topological polar surface area (TPSA) is 63.0 Å². The first-order valence-electron chi connectivity index (χ1n) is 5.02. The normalized spacial score (nSPS) is 10.2. The maximum Gasteiger partial charge on any atom is 0.310 e. The molecule has 18 heavy (non-hydrogen) atoms. The van der Waals surface area contributed by atoms with Crippen molar-refractivity contribution >= 4 is 17.6 Å². The van der Waals surface area contributed by atoms with Crippen LogP contribution in [0.5, 0.6) is 0 Å². The van der Waals surface area contributed by atoms with Crippen molar-refractivity contribution < 1.29 is 18.3 Å². The van der Waals surface area contributed by atoms with Crippen molar-refractivity contribution in [2.24, 2.45) is 0 Å². The Morgan fingerprint density at radius 1 is 1.67 bits per heavy atom. The van der Waals surface area contributed by atoms with E-state index in [4.69, 9.17) is 16.9 Å². The van der Waals surface area contributed by atoms with Crippen LogP contribution in [0.15, 0.2) is 6.07 Å². The number of carbonyl (C=O) groups excluding carboxylic acids is 1. The number of carbonyl (C=O) groups is 1. The van der Waals surface area contributed by atoms with Gasteiger partial charge in [-0.1, -0.05) is 11.6 Å². The molecule has 1 heterocycles. The van der Waals surface area contributed by atoms with Crippen molar-refractivity contribution in [1.82, 2.24) is 4.98 Å². The van der Waals surface area contributed by atoms with Gasteiger partial charge < -0.3 is 4.74 Å². The van der Waals surface area contributed by atoms with E-state index in [9.17, 15) is 13.6 Å². The third kappa shape index (κ3) is 3.37. The Kier molecular flexibility index (Phi) is 4.98. The quantitative estimate of drug-likeness (QED) is 0.625. The molecule has 4 nitrogen and oxygen atoms in total. The van der Waals surface area contributed by atoms with Crippen molar-refractivity contribution in [3.05, 3.63) is 28.0 Å². The molecule has 0 aliphatic rings. The summed E-state index contributed by atoms with van der Waals surface area (Å²) in [6.07, 6.45) is -3.24. The van der Waals surface area contributed by atoms with Gasteiger partial charge in [0, 0.05) is 11.1 Å². The van der Waals surface area contributed by atoms with E-state index >= 15 is 0 Å². The fraction of sp³-hybridized carbons (Fsp3) is 0.364. The first-order chi connectivity index (χ1) is 8.49. The Hall–Kier alpha value is -1.74. The molecule has 0 unspecified atom stereocenters. The number of hydrogen-bond acceptors (Lipinski definition) is 4. The van der Waals surface area contributed by atoms with Crippen molar-refractivity contribution in [3.63, 3.8) is 0 Å². The summed E-state index contributed by atoms with van der Waals surface area (Å²) in [7, 11) is 0. The number of hydrogen-bond donors (Lipinski definition) is 0. The highest BCUT2D eigenvalue weighted by atomic mass is 35.5. The van der Waals surface area contributed by atoms with Gasteiger partial charge in [0.2, 0.25) is 0 Å². The molecule has 0 radical (unpaired) electrons. The molecule has 7 heteroatoms. The number of rotatable bonds is 4. The third-order valence-corrected chi connectivity index (χ3v) is 2.40. The van der Waals surface area contributed by atoms with Gasteiger partial charge in [0.1, 0.15) is 16.9 Å². The zero-order chi connectivity index (χ0) is 13.7. The number of nitrogens with zero attached hydrogens (tertiary/aromatic N) is 2. The first kappa shape index (κ1) is 14.3. The number of nitriles is 1. The molecule has 96 valence electrons. The van der Waals surface area contributed by atoms with E-state index in [0.29, 0.717) is 0 Å². The smallest absolute Gasteiger partial charge is 0.310 e. The average Bonchev–Trinajstić information content (AvgIpc) is 2.31. The Morgan fingerprint density at radius 3 is 2.83 bits per heavy atom. The van der Waals surface area contributed by atoms with E-state index in [-0.39, 0.29) is 23.0 Å². The standard InChI is InChI=1S/C11H9ClF2N2O2/c1-2-18-9(17)4-7-8(11(13)14)3-6(5-15)16-10(7)12/h3,11H,2,4H2,1H3. The molecule has 0 aromatic carbocycles. The molecular formula is C11H9ClF2N2O2. The molecule has 0 N–H and O–H groups in total. The minimum absolute atomic E-state index is 0.107. The summed E-state index contributed by atoms with van der Waals surface area (Å²) in [6, 6.07) is 2.55. The first-order valence-corrected chi connectivity index (χ1v) is 5.40. The summed E-state index contributed by atoms with van der Waals surface area (Å²) >= 11 is 5.70. The van der Waals surface area contributed by atoms with Crippen molar-refractivity contribution in [2.75, 3.05) is 6.61 Å². The second-order valence-corrected chi connectivity index (χ2v) is 3.62. The molecule has 0 bridgehead atoms. The van der Waals surface area contributed by atoms with Crippen LogP contribution in [-0.2, 0) is 16.0 Å². The van der Waals surface area contributed by atoms with Gasteiger partial charge in [-0.3, -0.25) is 4.79 Å². The van der Waals surface area contributed by atoms with E-state index in [1.807, 2.05) is 0 Å². The van der Waals surface area contributed by atoms with E-state index in [0.717, 1.165) is 6.07 Å². The lowest BCUT2D eigenvalue weighted by Crippen LogP contribution is -2.11. The van der Waals surface area contributed by atoms with Crippen LogP contribution in [-0.4, -0.2) is 17.6 Å². The lowest BCUT2D eigenvalue weighted by Gasteiger charge is -2.10. The molecular weight excluding hydrogens is 266 g/mol. The molecule has 0 spiro atoms. The third-order valence-electron chi connectivity index (χ3n) is 2.08. The van der Waals surface area contributed by atoms with Crippen LogP contribution in [0.25, 0.3) is 0 Å². The van der Waals surface area contributed by atoms with Gasteiger partial charge >= 0.3 is 5.97 Å². The maximum absolute atomic E-state index is 12.8. The molecule has 1 aromatic heterocycles. The Bertz CT molecular complexity index is 501. The minimum Gasteiger partial charge on any atom is -0.466 e. The predicted octanol–water partition coefficient (Wildman–Crippen LogP) is 2.65. The molecule has 0 fully saturated rings. The molecule has 0 amide bonds. The van der Waals surface area contributed by atoms with E-state index in [1.54, 1.807) is 13.0 Å². The van der Waals surface area contributed by atoms with Crippen LogP contribution < -0.4 is 0 Å². The minimum atomic E-state index is -2.85. The fourth-order valence-corrected chi connectivity index (χ4v) is 1.61. The van der Waals surface area contributed by atoms with Gasteiger partial charge in [-0.05, 0) is 13.0 Å². The number of pyridine rings is 1. The summed E-state index contributed by atoms with van der Waals surface area (Å²) in [5, 5.41) is 8.34. The van der Waals surface area contributed by atoms with Gasteiger partial charge in [-0.25, -0.2) is 13.8 Å². The number of aromatic nitrogens is 1. The molecule has 0 saturated heterocycles. The van der Waals surface area contributed by atoms with Crippen molar-refractivity contribution in [3.8, 4) is 6.07 Å². The molecule has 0 aliphatic heterocycles. The van der Waals surface area contributed by atoms with Crippen LogP contribution in [0, 0.1) is 11.3 Å². The Balaban J connectivity index is 3.17. The van der Waals surface area contributed by atoms with E-state index in [2.05, 4.69) is 9.72 Å². The lowest BCUT2D eigenvalue weighted by atomic mass is 10.1. The monoisotopic (exact) mass is 274 g/mol. The molecule has 0 atom stereocenters. The van der Waals surface area contributed by atoms with E-state index in [1.165, 1.54) is 0 Å². The number of halogens is 3. The number of ether oxygens (including phenoxy) is 1. The number of esters is 1. The molecule has 0 saturated carbocycles. The molecule has 0 aliphatic carbocycles. The van der Waals surface area contributed by atoms with Crippen LogP contribution in [0.4, 0.5) is 8.78 Å². The summed E-state index contributed by atoms with van der Waals surface area (Å²) in [4.78, 5) is 14.9. The summed E-state index contributed by atoms with van der Waals surface area (Å²) in [5.41, 5.74) is -0.799. The highest BCUT2D eigenvalue weighted by Gasteiger charge is 2.21. The Labute approximate surface area is 107 Å². The Morgan fingerprint density at radius 2 is 2.33 bits per heavy atom. The van der Waals surface area contributed by atoms with Crippen LogP contribution in [0.2, 0.25) is 5.15 Å². The molecule has 1 aromatic rings. The van der Waals surface area contributed by atoms with Crippen molar-refractivity contribution in [2.45, 2.75) is 19.8 Å². The van der Waals surface area contributed by atoms with Crippen LogP contribution in [0.1, 0.15) is 30.2 Å². The SMILES string of the molecule is CCOC(=O)Cc1c(C(F)F)cc(C#N)nc1Cl. The summed E-state index contributed by atoms with van der Waals surface area (Å²) in [6.45, 7) is 1.74. The van der Waals surface area contributed by atoms with Gasteiger partial charge in [0.05, 0.1) is 13.0 Å². The zero-order valence-electron chi connectivity index (χ0n) is 9.41. The maximum atomic E-state index is 12.8. The van der Waals surface area contributed by atoms with Crippen molar-refractivity contribution in [1.29, 1.82) is 5.26 Å². The van der Waals surface area contributed by atoms with Crippen LogP contribution in [0.3, 0.4) is 0 Å². The largest absolute Gasteiger partial charge is 0.466 e. The van der Waals surface area contributed by atoms with E-state index < -0.39 is 24.4 Å². The lowest BCUT2D eigenvalue weighted by molar-refractivity contribution is -0.142. The van der Waals surface area contributed by atoms with Gasteiger partial charge in [-0.15, -0.1) is 0 Å². The van der Waals surface area contributed by atoms with Gasteiger partial charge in [-0.2, -0.15) is 5.26 Å².